The van der Waals surface area contributed by atoms with Gasteiger partial charge in [0.15, 0.2) is 0 Å². The minimum Gasteiger partial charge on any atom is -0.353 e. The maximum atomic E-state index is 12.5. The van der Waals surface area contributed by atoms with Gasteiger partial charge in [-0.2, -0.15) is 0 Å². The second-order valence-corrected chi connectivity index (χ2v) is 8.92. The summed E-state index contributed by atoms with van der Waals surface area (Å²) < 4.78 is 0. The van der Waals surface area contributed by atoms with Crippen LogP contribution in [-0.2, 0) is 11.3 Å². The molecule has 0 aliphatic carbocycles. The van der Waals surface area contributed by atoms with Crippen molar-refractivity contribution in [1.29, 1.82) is 0 Å². The third kappa shape index (κ3) is 3.99. The number of hydrogen-bond donors (Lipinski definition) is 1. The molecule has 134 valence electrons. The highest BCUT2D eigenvalue weighted by Crippen LogP contribution is 2.35. The number of fused-ring (bicyclic) bond motifs is 1. The van der Waals surface area contributed by atoms with Gasteiger partial charge in [0.25, 0.3) is 0 Å². The third-order valence-electron chi connectivity index (χ3n) is 5.36. The van der Waals surface area contributed by atoms with E-state index in [4.69, 9.17) is 0 Å². The minimum absolute atomic E-state index is 0.0493. The van der Waals surface area contributed by atoms with Gasteiger partial charge >= 0.3 is 0 Å². The minimum atomic E-state index is 0.0493. The number of nitrogens with zero attached hydrogens (tertiary/aromatic N) is 3. The summed E-state index contributed by atoms with van der Waals surface area (Å²) in [5.41, 5.74) is 0. The molecule has 5 nitrogen and oxygen atoms in total. The van der Waals surface area contributed by atoms with E-state index in [1.165, 1.54) is 9.75 Å². The molecule has 2 fully saturated rings. The number of likely N-dealkylation sites (tertiary alicyclic amines) is 2. The van der Waals surface area contributed by atoms with Gasteiger partial charge in [0.1, 0.15) is 0 Å². The van der Waals surface area contributed by atoms with Crippen molar-refractivity contribution in [3.05, 3.63) is 21.9 Å². The molecule has 3 rings (SSSR count). The maximum Gasteiger partial charge on any atom is 0.237 e. The molecule has 1 amide bonds. The Bertz CT molecular complexity index is 573. The lowest BCUT2D eigenvalue weighted by atomic mass is 10.0. The van der Waals surface area contributed by atoms with E-state index in [1.54, 1.807) is 0 Å². The molecule has 1 aromatic rings. The molecule has 6 heteroatoms. The zero-order valence-electron chi connectivity index (χ0n) is 15.3. The van der Waals surface area contributed by atoms with Gasteiger partial charge in [-0.1, -0.05) is 0 Å². The van der Waals surface area contributed by atoms with Crippen molar-refractivity contribution in [2.75, 3.05) is 47.3 Å². The van der Waals surface area contributed by atoms with Gasteiger partial charge in [0, 0.05) is 48.5 Å². The van der Waals surface area contributed by atoms with Crippen LogP contribution in [0.2, 0.25) is 0 Å². The van der Waals surface area contributed by atoms with Crippen LogP contribution in [-0.4, -0.2) is 80.0 Å². The van der Waals surface area contributed by atoms with E-state index < -0.39 is 0 Å². The van der Waals surface area contributed by atoms with E-state index in [0.717, 1.165) is 39.1 Å². The molecule has 0 spiro atoms. The predicted octanol–water partition coefficient (Wildman–Crippen LogP) is 1.24. The van der Waals surface area contributed by atoms with Gasteiger partial charge in [-0.3, -0.25) is 14.6 Å². The summed E-state index contributed by atoms with van der Waals surface area (Å²) in [6, 6.07) is 5.03. The van der Waals surface area contributed by atoms with Crippen LogP contribution in [0.25, 0.3) is 0 Å². The van der Waals surface area contributed by atoms with Gasteiger partial charge in [-0.05, 0) is 52.5 Å². The molecule has 0 aromatic carbocycles. The Balaban J connectivity index is 1.49. The number of rotatable bonds is 6. The van der Waals surface area contributed by atoms with Crippen LogP contribution in [0, 0.1) is 12.8 Å². The number of amides is 1. The normalized spacial score (nSPS) is 27.8. The molecule has 0 saturated carbocycles. The van der Waals surface area contributed by atoms with Crippen molar-refractivity contribution in [3.63, 3.8) is 0 Å². The summed E-state index contributed by atoms with van der Waals surface area (Å²) in [7, 11) is 6.18. The fourth-order valence-electron chi connectivity index (χ4n) is 4.05. The first-order valence-corrected chi connectivity index (χ1v) is 9.67. The highest BCUT2D eigenvalue weighted by Gasteiger charge is 2.46. The standard InChI is InChI=1S/C18H30N4OS/c1-13-5-6-15(24-13)11-22-10-14-9-16(21(4)17(14)12-22)18(23)19-7-8-20(2)3/h5-6,14,16-17H,7-12H2,1-4H3,(H,19,23)/t14-,16-,17+/m0/s1. The Morgan fingerprint density at radius 2 is 2.17 bits per heavy atom. The number of carbonyl (C=O) groups excluding carboxylic acids is 1. The second-order valence-electron chi connectivity index (χ2n) is 7.55. The highest BCUT2D eigenvalue weighted by molar-refractivity contribution is 7.11. The van der Waals surface area contributed by atoms with Crippen molar-refractivity contribution in [2.45, 2.75) is 32.0 Å². The smallest absolute Gasteiger partial charge is 0.237 e. The first-order valence-electron chi connectivity index (χ1n) is 8.86. The van der Waals surface area contributed by atoms with Crippen molar-refractivity contribution in [3.8, 4) is 0 Å². The molecule has 1 N–H and O–H groups in total. The number of carbonyl (C=O) groups is 1. The van der Waals surface area contributed by atoms with E-state index in [2.05, 4.69) is 46.1 Å². The summed E-state index contributed by atoms with van der Waals surface area (Å²) in [5.74, 6) is 0.829. The Hall–Kier alpha value is -0.950. The summed E-state index contributed by atoms with van der Waals surface area (Å²) in [6.07, 6.45) is 0.995. The lowest BCUT2D eigenvalue weighted by molar-refractivity contribution is -0.125. The quantitative estimate of drug-likeness (QED) is 0.838. The molecule has 2 aliphatic heterocycles. The highest BCUT2D eigenvalue weighted by atomic mass is 32.1. The molecular formula is C18H30N4OS. The molecule has 0 bridgehead atoms. The largest absolute Gasteiger partial charge is 0.353 e. The lowest BCUT2D eigenvalue weighted by Gasteiger charge is -2.26. The summed E-state index contributed by atoms with van der Waals surface area (Å²) >= 11 is 1.90. The third-order valence-corrected chi connectivity index (χ3v) is 6.34. The molecule has 3 atom stereocenters. The molecule has 3 heterocycles. The van der Waals surface area contributed by atoms with Gasteiger partial charge in [-0.25, -0.2) is 0 Å². The molecule has 24 heavy (non-hydrogen) atoms. The topological polar surface area (TPSA) is 38.8 Å². The number of nitrogens with one attached hydrogen (secondary N) is 1. The van der Waals surface area contributed by atoms with Crippen LogP contribution in [0.3, 0.4) is 0 Å². The molecule has 2 saturated heterocycles. The van der Waals surface area contributed by atoms with Crippen LogP contribution >= 0.6 is 11.3 Å². The molecular weight excluding hydrogens is 320 g/mol. The Kier molecular flexibility index (Phi) is 5.59. The van der Waals surface area contributed by atoms with Crippen molar-refractivity contribution >= 4 is 17.2 Å². The average Bonchev–Trinajstić information content (AvgIpc) is 3.16. The average molecular weight is 351 g/mol. The fraction of sp³-hybridized carbons (Fsp3) is 0.722. The zero-order chi connectivity index (χ0) is 17.3. The van der Waals surface area contributed by atoms with E-state index in [9.17, 15) is 4.79 Å². The molecule has 2 aliphatic rings. The van der Waals surface area contributed by atoms with E-state index in [1.807, 2.05) is 25.4 Å². The summed E-state index contributed by atoms with van der Waals surface area (Å²) in [6.45, 7) is 7.05. The Labute approximate surface area is 149 Å². The predicted molar refractivity (Wildman–Crippen MR) is 99.3 cm³/mol. The van der Waals surface area contributed by atoms with Crippen LogP contribution in [0.1, 0.15) is 16.2 Å². The molecule has 1 aromatic heterocycles. The lowest BCUT2D eigenvalue weighted by Crippen LogP contribution is -2.46. The number of hydrogen-bond acceptors (Lipinski definition) is 5. The Morgan fingerprint density at radius 3 is 2.79 bits per heavy atom. The van der Waals surface area contributed by atoms with Crippen molar-refractivity contribution in [1.82, 2.24) is 20.0 Å². The maximum absolute atomic E-state index is 12.5. The monoisotopic (exact) mass is 350 g/mol. The first kappa shape index (κ1) is 17.9. The van der Waals surface area contributed by atoms with Crippen molar-refractivity contribution < 1.29 is 4.79 Å². The second kappa shape index (κ2) is 7.52. The molecule has 0 radical (unpaired) electrons. The van der Waals surface area contributed by atoms with Gasteiger partial charge < -0.3 is 10.2 Å². The summed E-state index contributed by atoms with van der Waals surface area (Å²) in [5, 5.41) is 3.10. The van der Waals surface area contributed by atoms with Crippen LogP contribution in [0.15, 0.2) is 12.1 Å². The Morgan fingerprint density at radius 1 is 1.38 bits per heavy atom. The summed E-state index contributed by atoms with van der Waals surface area (Å²) in [4.78, 5) is 22.3. The van der Waals surface area contributed by atoms with Crippen molar-refractivity contribution in [2.24, 2.45) is 5.92 Å². The van der Waals surface area contributed by atoms with E-state index >= 15 is 0 Å². The SMILES string of the molecule is Cc1ccc(CN2C[C@@H]3C[C@@H](C(=O)NCCN(C)C)N(C)[C@@H]3C2)s1. The van der Waals surface area contributed by atoms with Crippen LogP contribution in [0.5, 0.6) is 0 Å². The first-order chi connectivity index (χ1) is 11.4. The fourth-order valence-corrected chi connectivity index (χ4v) is 4.98. The van der Waals surface area contributed by atoms with E-state index in [0.29, 0.717) is 12.0 Å². The van der Waals surface area contributed by atoms with E-state index in [-0.39, 0.29) is 11.9 Å². The number of aryl methyl sites for hydroxylation is 1. The van der Waals surface area contributed by atoms with Gasteiger partial charge in [-0.15, -0.1) is 11.3 Å². The number of thiophene rings is 1. The van der Waals surface area contributed by atoms with Gasteiger partial charge in [0.2, 0.25) is 5.91 Å². The van der Waals surface area contributed by atoms with Gasteiger partial charge in [0.05, 0.1) is 6.04 Å². The zero-order valence-corrected chi connectivity index (χ0v) is 16.1. The number of likely N-dealkylation sites (N-methyl/N-ethyl adjacent to an activating group) is 2. The molecule has 0 unspecified atom stereocenters. The van der Waals surface area contributed by atoms with Crippen LogP contribution in [0.4, 0.5) is 0 Å². The van der Waals surface area contributed by atoms with Crippen LogP contribution < -0.4 is 5.32 Å².